The third kappa shape index (κ3) is 4.85. The Labute approximate surface area is 107 Å². The second-order valence-corrected chi connectivity index (χ2v) is 4.17. The monoisotopic (exact) mass is 255 g/mol. The molecule has 18 heavy (non-hydrogen) atoms. The smallest absolute Gasteiger partial charge is 0.237 e. The quantitative estimate of drug-likeness (QED) is 0.612. The number of hydrogen-bond donors (Lipinski definition) is 2. The van der Waals surface area contributed by atoms with Gasteiger partial charge >= 0.3 is 0 Å². The van der Waals surface area contributed by atoms with Crippen molar-refractivity contribution < 1.29 is 14.3 Å². The predicted octanol–water partition coefficient (Wildman–Crippen LogP) is -0.745. The van der Waals surface area contributed by atoms with Crippen molar-refractivity contribution >= 4 is 11.8 Å². The summed E-state index contributed by atoms with van der Waals surface area (Å²) in [7, 11) is 0. The van der Waals surface area contributed by atoms with Crippen LogP contribution in [-0.4, -0.2) is 55.6 Å². The first-order valence-corrected chi connectivity index (χ1v) is 6.15. The normalized spacial score (nSPS) is 17.1. The van der Waals surface area contributed by atoms with Gasteiger partial charge in [0.25, 0.3) is 0 Å². The first kappa shape index (κ1) is 14.7. The van der Waals surface area contributed by atoms with Crippen molar-refractivity contribution in [1.82, 2.24) is 10.2 Å². The molecular formula is C12H21N3O3. The van der Waals surface area contributed by atoms with Crippen molar-refractivity contribution in [3.63, 3.8) is 0 Å². The maximum atomic E-state index is 11.7. The number of carbonyl (C=O) groups is 2. The van der Waals surface area contributed by atoms with Crippen LogP contribution in [0.4, 0.5) is 0 Å². The fraction of sp³-hybridized carbons (Fsp3) is 0.667. The second kappa shape index (κ2) is 7.84. The van der Waals surface area contributed by atoms with Crippen LogP contribution < -0.4 is 11.1 Å². The average Bonchev–Trinajstić information content (AvgIpc) is 2.39. The van der Waals surface area contributed by atoms with E-state index < -0.39 is 6.04 Å². The molecule has 1 rings (SSSR count). The van der Waals surface area contributed by atoms with Crippen LogP contribution in [0, 0.1) is 0 Å². The highest BCUT2D eigenvalue weighted by Crippen LogP contribution is 1.99. The molecule has 0 saturated carbocycles. The number of morpholine rings is 1. The molecule has 1 fully saturated rings. The summed E-state index contributed by atoms with van der Waals surface area (Å²) in [6.45, 7) is 6.27. The number of carbonyl (C=O) groups excluding carboxylic acids is 2. The Kier molecular flexibility index (Phi) is 6.38. The van der Waals surface area contributed by atoms with Crippen LogP contribution in [0.5, 0.6) is 0 Å². The van der Waals surface area contributed by atoms with Gasteiger partial charge in [-0.2, -0.15) is 0 Å². The number of nitrogens with zero attached hydrogens (tertiary/aromatic N) is 1. The molecule has 0 aromatic heterocycles. The van der Waals surface area contributed by atoms with Gasteiger partial charge in [-0.3, -0.25) is 9.59 Å². The third-order valence-corrected chi connectivity index (χ3v) is 2.76. The van der Waals surface area contributed by atoms with E-state index >= 15 is 0 Å². The van der Waals surface area contributed by atoms with Gasteiger partial charge in [-0.05, 0) is 6.42 Å². The van der Waals surface area contributed by atoms with E-state index in [-0.39, 0.29) is 11.8 Å². The summed E-state index contributed by atoms with van der Waals surface area (Å²) in [4.78, 5) is 25.0. The lowest BCUT2D eigenvalue weighted by Crippen LogP contribution is -2.44. The minimum Gasteiger partial charge on any atom is -0.378 e. The molecule has 102 valence electrons. The van der Waals surface area contributed by atoms with Gasteiger partial charge in [-0.15, -0.1) is 6.58 Å². The molecule has 6 nitrogen and oxygen atoms in total. The van der Waals surface area contributed by atoms with Gasteiger partial charge in [0.1, 0.15) is 0 Å². The Morgan fingerprint density at radius 1 is 1.44 bits per heavy atom. The molecule has 1 aliphatic rings. The van der Waals surface area contributed by atoms with Crippen molar-refractivity contribution in [3.8, 4) is 0 Å². The molecule has 2 amide bonds. The molecule has 0 radical (unpaired) electrons. The Morgan fingerprint density at radius 2 is 2.11 bits per heavy atom. The molecule has 1 aliphatic heterocycles. The van der Waals surface area contributed by atoms with Crippen LogP contribution in [0.3, 0.4) is 0 Å². The molecule has 0 bridgehead atoms. The summed E-state index contributed by atoms with van der Waals surface area (Å²) < 4.78 is 5.16. The fourth-order valence-electron chi connectivity index (χ4n) is 1.68. The van der Waals surface area contributed by atoms with E-state index in [4.69, 9.17) is 10.5 Å². The van der Waals surface area contributed by atoms with E-state index in [0.717, 1.165) is 0 Å². The zero-order chi connectivity index (χ0) is 13.4. The van der Waals surface area contributed by atoms with Crippen molar-refractivity contribution in [2.45, 2.75) is 18.9 Å². The van der Waals surface area contributed by atoms with Crippen molar-refractivity contribution in [2.75, 3.05) is 32.8 Å². The Morgan fingerprint density at radius 3 is 2.72 bits per heavy atom. The number of nitrogens with two attached hydrogens (primary N) is 1. The third-order valence-electron chi connectivity index (χ3n) is 2.76. The van der Waals surface area contributed by atoms with Crippen molar-refractivity contribution in [1.29, 1.82) is 0 Å². The summed E-state index contributed by atoms with van der Waals surface area (Å²) >= 11 is 0. The molecule has 0 aromatic rings. The summed E-state index contributed by atoms with van der Waals surface area (Å²) in [5.41, 5.74) is 5.59. The lowest BCUT2D eigenvalue weighted by atomic mass is 10.2. The van der Waals surface area contributed by atoms with Crippen LogP contribution in [-0.2, 0) is 14.3 Å². The first-order valence-electron chi connectivity index (χ1n) is 6.15. The summed E-state index contributed by atoms with van der Waals surface area (Å²) in [6, 6.07) is -0.582. The molecule has 1 heterocycles. The number of nitrogens with one attached hydrogen (secondary N) is 1. The first-order chi connectivity index (χ1) is 8.65. The predicted molar refractivity (Wildman–Crippen MR) is 67.8 cm³/mol. The summed E-state index contributed by atoms with van der Waals surface area (Å²) in [5, 5.41) is 2.65. The van der Waals surface area contributed by atoms with Gasteiger partial charge < -0.3 is 20.7 Å². The molecule has 0 aromatic carbocycles. The molecule has 1 atom stereocenters. The Bertz CT molecular complexity index is 301. The van der Waals surface area contributed by atoms with Gasteiger partial charge in [0.05, 0.1) is 19.3 Å². The highest BCUT2D eigenvalue weighted by atomic mass is 16.5. The zero-order valence-corrected chi connectivity index (χ0v) is 10.6. The number of ether oxygens (including phenoxy) is 1. The van der Waals surface area contributed by atoms with Crippen LogP contribution in [0.15, 0.2) is 12.7 Å². The highest BCUT2D eigenvalue weighted by Gasteiger charge is 2.17. The van der Waals surface area contributed by atoms with Gasteiger partial charge in [0.2, 0.25) is 11.8 Å². The Balaban J connectivity index is 2.18. The zero-order valence-electron chi connectivity index (χ0n) is 10.6. The maximum Gasteiger partial charge on any atom is 0.237 e. The molecule has 1 unspecified atom stereocenters. The number of rotatable bonds is 6. The average molecular weight is 255 g/mol. The van der Waals surface area contributed by atoms with E-state index in [1.54, 1.807) is 11.0 Å². The van der Waals surface area contributed by atoms with E-state index in [9.17, 15) is 9.59 Å². The molecule has 3 N–H and O–H groups in total. The molecule has 6 heteroatoms. The molecular weight excluding hydrogens is 234 g/mol. The molecule has 1 saturated heterocycles. The van der Waals surface area contributed by atoms with Gasteiger partial charge in [0, 0.05) is 26.1 Å². The minimum absolute atomic E-state index is 0.0379. The Hall–Kier alpha value is -1.40. The molecule has 0 aliphatic carbocycles. The fourth-order valence-corrected chi connectivity index (χ4v) is 1.68. The second-order valence-electron chi connectivity index (χ2n) is 4.17. The highest BCUT2D eigenvalue weighted by molar-refractivity contribution is 5.82. The van der Waals surface area contributed by atoms with Gasteiger partial charge in [-0.25, -0.2) is 0 Å². The number of amides is 2. The van der Waals surface area contributed by atoms with E-state index in [0.29, 0.717) is 45.7 Å². The summed E-state index contributed by atoms with van der Waals surface area (Å²) in [6.07, 6.45) is 2.33. The van der Waals surface area contributed by atoms with Crippen molar-refractivity contribution in [2.24, 2.45) is 5.73 Å². The minimum atomic E-state index is -0.582. The van der Waals surface area contributed by atoms with E-state index in [2.05, 4.69) is 11.9 Å². The van der Waals surface area contributed by atoms with Crippen LogP contribution >= 0.6 is 0 Å². The largest absolute Gasteiger partial charge is 0.378 e. The summed E-state index contributed by atoms with van der Waals surface area (Å²) in [5.74, 6) is -0.208. The van der Waals surface area contributed by atoms with Crippen molar-refractivity contribution in [3.05, 3.63) is 12.7 Å². The number of hydrogen-bond acceptors (Lipinski definition) is 4. The standard InChI is InChI=1S/C12H21N3O3/c1-2-3-10(13)12(17)14-5-4-11(16)15-6-8-18-9-7-15/h2,10H,1,3-9,13H2,(H,14,17). The maximum absolute atomic E-state index is 11.7. The van der Waals surface area contributed by atoms with Crippen LogP contribution in [0.1, 0.15) is 12.8 Å². The lowest BCUT2D eigenvalue weighted by Gasteiger charge is -2.26. The topological polar surface area (TPSA) is 84.7 Å². The van der Waals surface area contributed by atoms with Crippen LogP contribution in [0.2, 0.25) is 0 Å². The van der Waals surface area contributed by atoms with Gasteiger partial charge in [-0.1, -0.05) is 6.08 Å². The van der Waals surface area contributed by atoms with Crippen LogP contribution in [0.25, 0.3) is 0 Å². The lowest BCUT2D eigenvalue weighted by molar-refractivity contribution is -0.135. The SMILES string of the molecule is C=CCC(N)C(=O)NCCC(=O)N1CCOCC1. The van der Waals surface area contributed by atoms with E-state index in [1.807, 2.05) is 0 Å². The van der Waals surface area contributed by atoms with Gasteiger partial charge in [0.15, 0.2) is 0 Å². The molecule has 0 spiro atoms. The van der Waals surface area contributed by atoms with E-state index in [1.165, 1.54) is 0 Å².